The molecule has 0 aromatic carbocycles. The molecule has 1 amide bonds. The molecule has 8 heteroatoms. The van der Waals surface area contributed by atoms with Crippen LogP contribution in [0, 0.1) is 13.8 Å². The number of methoxy groups -OCH3 is 1. The van der Waals surface area contributed by atoms with Crippen LogP contribution in [0.4, 0.5) is 0 Å². The van der Waals surface area contributed by atoms with E-state index in [0.29, 0.717) is 17.5 Å². The van der Waals surface area contributed by atoms with Crippen LogP contribution in [0.1, 0.15) is 18.3 Å². The number of hydrogen-bond donors (Lipinski definition) is 1. The Balaban J connectivity index is 2.02. The minimum absolute atomic E-state index is 0.00991. The molecule has 21 heavy (non-hydrogen) atoms. The predicted molar refractivity (Wildman–Crippen MR) is 80.5 cm³/mol. The summed E-state index contributed by atoms with van der Waals surface area (Å²) in [4.78, 5) is 16.2. The molecule has 0 aliphatic heterocycles. The first-order valence-electron chi connectivity index (χ1n) is 6.61. The Labute approximate surface area is 127 Å². The summed E-state index contributed by atoms with van der Waals surface area (Å²) in [6.07, 6.45) is 0. The molecule has 2 aromatic heterocycles. The zero-order valence-corrected chi connectivity index (χ0v) is 13.4. The van der Waals surface area contributed by atoms with Gasteiger partial charge in [0.25, 0.3) is 5.78 Å². The molecule has 0 aliphatic rings. The van der Waals surface area contributed by atoms with Crippen LogP contribution in [0.15, 0.2) is 11.2 Å². The highest BCUT2D eigenvalue weighted by Gasteiger charge is 2.13. The van der Waals surface area contributed by atoms with Crippen LogP contribution in [0.5, 0.6) is 0 Å². The second kappa shape index (κ2) is 6.86. The molecule has 114 valence electrons. The van der Waals surface area contributed by atoms with Gasteiger partial charge in [0.15, 0.2) is 5.16 Å². The van der Waals surface area contributed by atoms with E-state index in [4.69, 9.17) is 4.74 Å². The van der Waals surface area contributed by atoms with Gasteiger partial charge in [0.2, 0.25) is 5.91 Å². The number of fused-ring (bicyclic) bond motifs is 1. The number of aromatic nitrogens is 4. The fraction of sp³-hybridized carbons (Fsp3) is 0.538. The lowest BCUT2D eigenvalue weighted by molar-refractivity contribution is -0.119. The van der Waals surface area contributed by atoms with Gasteiger partial charge in [-0.25, -0.2) is 4.98 Å². The largest absolute Gasteiger partial charge is 0.383 e. The van der Waals surface area contributed by atoms with Gasteiger partial charge in [0.05, 0.1) is 12.4 Å². The van der Waals surface area contributed by atoms with Crippen molar-refractivity contribution in [1.82, 2.24) is 24.9 Å². The van der Waals surface area contributed by atoms with E-state index in [0.717, 1.165) is 11.4 Å². The number of ether oxygens (including phenoxy) is 1. The Morgan fingerprint density at radius 3 is 2.95 bits per heavy atom. The summed E-state index contributed by atoms with van der Waals surface area (Å²) in [7, 11) is 1.61. The molecule has 0 saturated carbocycles. The van der Waals surface area contributed by atoms with Gasteiger partial charge in [-0.2, -0.15) is 0 Å². The number of carbonyl (C=O) groups excluding carboxylic acids is 1. The van der Waals surface area contributed by atoms with Crippen molar-refractivity contribution in [1.29, 1.82) is 0 Å². The summed E-state index contributed by atoms with van der Waals surface area (Å²) in [6, 6.07) is 1.95. The number of aryl methyl sites for hydroxylation is 2. The van der Waals surface area contributed by atoms with Crippen molar-refractivity contribution < 1.29 is 9.53 Å². The first kappa shape index (κ1) is 15.7. The molecule has 1 N–H and O–H groups in total. The predicted octanol–water partition coefficient (Wildman–Crippen LogP) is 0.984. The summed E-state index contributed by atoms with van der Waals surface area (Å²) >= 11 is 1.34. The van der Waals surface area contributed by atoms with Crippen LogP contribution in [0.3, 0.4) is 0 Å². The average molecular weight is 309 g/mol. The van der Waals surface area contributed by atoms with E-state index in [9.17, 15) is 4.79 Å². The molecule has 2 aromatic rings. The van der Waals surface area contributed by atoms with Crippen molar-refractivity contribution in [3.05, 3.63) is 17.5 Å². The summed E-state index contributed by atoms with van der Waals surface area (Å²) in [5, 5.41) is 11.7. The number of thioether (sulfide) groups is 1. The van der Waals surface area contributed by atoms with E-state index >= 15 is 0 Å². The summed E-state index contributed by atoms with van der Waals surface area (Å²) in [6.45, 7) is 6.27. The van der Waals surface area contributed by atoms with Gasteiger partial charge < -0.3 is 10.1 Å². The number of nitrogens with one attached hydrogen (secondary N) is 1. The standard InChI is InChI=1S/C13H19N5O2S/c1-8-5-10(3)18-12(15-8)16-17-13(18)21-7-11(19)14-9(2)6-20-4/h5,9H,6-7H2,1-4H3,(H,14,19)/t9-/m1/s1. The highest BCUT2D eigenvalue weighted by molar-refractivity contribution is 7.99. The Kier molecular flexibility index (Phi) is 5.13. The highest BCUT2D eigenvalue weighted by Crippen LogP contribution is 2.18. The maximum absolute atomic E-state index is 11.8. The molecular weight excluding hydrogens is 290 g/mol. The Hall–Kier alpha value is -1.67. The fourth-order valence-corrected chi connectivity index (χ4v) is 2.83. The molecule has 0 saturated heterocycles. The van der Waals surface area contributed by atoms with Crippen LogP contribution < -0.4 is 5.32 Å². The lowest BCUT2D eigenvalue weighted by Gasteiger charge is -2.12. The molecule has 0 unspecified atom stereocenters. The second-order valence-corrected chi connectivity index (χ2v) is 5.81. The van der Waals surface area contributed by atoms with Gasteiger partial charge in [-0.05, 0) is 26.8 Å². The maximum Gasteiger partial charge on any atom is 0.256 e. The minimum Gasteiger partial charge on any atom is -0.383 e. The summed E-state index contributed by atoms with van der Waals surface area (Å²) in [5.41, 5.74) is 1.90. The molecule has 0 spiro atoms. The van der Waals surface area contributed by atoms with Crippen LogP contribution in [0.25, 0.3) is 5.78 Å². The minimum atomic E-state index is -0.0565. The number of carbonyl (C=O) groups is 1. The highest BCUT2D eigenvalue weighted by atomic mass is 32.2. The first-order valence-corrected chi connectivity index (χ1v) is 7.60. The third-order valence-electron chi connectivity index (χ3n) is 2.82. The van der Waals surface area contributed by atoms with Gasteiger partial charge in [0.1, 0.15) is 0 Å². The zero-order chi connectivity index (χ0) is 15.4. The van der Waals surface area contributed by atoms with E-state index in [2.05, 4.69) is 20.5 Å². The number of hydrogen-bond acceptors (Lipinski definition) is 6. The monoisotopic (exact) mass is 309 g/mol. The normalized spacial score (nSPS) is 12.6. The third-order valence-corrected chi connectivity index (χ3v) is 3.75. The Morgan fingerprint density at radius 2 is 2.24 bits per heavy atom. The van der Waals surface area contributed by atoms with Crippen LogP contribution >= 0.6 is 11.8 Å². The van der Waals surface area contributed by atoms with Gasteiger partial charge >= 0.3 is 0 Å². The SMILES string of the molecule is COC[C@@H](C)NC(=O)CSc1nnc2nc(C)cc(C)n12. The van der Waals surface area contributed by atoms with Crippen molar-refractivity contribution in [3.8, 4) is 0 Å². The van der Waals surface area contributed by atoms with Gasteiger partial charge in [-0.1, -0.05) is 11.8 Å². The molecule has 7 nitrogen and oxygen atoms in total. The first-order chi connectivity index (χ1) is 10.0. The molecule has 0 aliphatic carbocycles. The number of rotatable bonds is 6. The molecule has 2 rings (SSSR count). The van der Waals surface area contributed by atoms with E-state index in [-0.39, 0.29) is 17.7 Å². The van der Waals surface area contributed by atoms with Crippen molar-refractivity contribution >= 4 is 23.4 Å². The smallest absolute Gasteiger partial charge is 0.256 e. The molecule has 2 heterocycles. The van der Waals surface area contributed by atoms with Gasteiger partial charge in [0, 0.05) is 24.5 Å². The number of nitrogens with zero attached hydrogens (tertiary/aromatic N) is 4. The molecule has 0 fully saturated rings. The molecule has 0 radical (unpaired) electrons. The third kappa shape index (κ3) is 3.92. The van der Waals surface area contributed by atoms with Gasteiger partial charge in [-0.3, -0.25) is 9.20 Å². The van der Waals surface area contributed by atoms with Crippen molar-refractivity contribution in [2.75, 3.05) is 19.5 Å². The van der Waals surface area contributed by atoms with Crippen LogP contribution in [0.2, 0.25) is 0 Å². The van der Waals surface area contributed by atoms with E-state index in [1.165, 1.54) is 11.8 Å². The van der Waals surface area contributed by atoms with E-state index < -0.39 is 0 Å². The van der Waals surface area contributed by atoms with Crippen molar-refractivity contribution in [2.45, 2.75) is 32.0 Å². The van der Waals surface area contributed by atoms with Crippen LogP contribution in [-0.2, 0) is 9.53 Å². The van der Waals surface area contributed by atoms with Crippen LogP contribution in [-0.4, -0.2) is 51.0 Å². The maximum atomic E-state index is 11.8. The Bertz CT molecular complexity index is 643. The number of amides is 1. The summed E-state index contributed by atoms with van der Waals surface area (Å²) in [5.74, 6) is 0.782. The quantitative estimate of drug-likeness (QED) is 0.801. The molecule has 0 bridgehead atoms. The molecule has 1 atom stereocenters. The topological polar surface area (TPSA) is 81.4 Å². The Morgan fingerprint density at radius 1 is 1.48 bits per heavy atom. The fourth-order valence-electron chi connectivity index (χ4n) is 2.03. The average Bonchev–Trinajstić information content (AvgIpc) is 2.79. The van der Waals surface area contributed by atoms with Crippen molar-refractivity contribution in [2.24, 2.45) is 0 Å². The van der Waals surface area contributed by atoms with Gasteiger partial charge in [-0.15, -0.1) is 10.2 Å². The van der Waals surface area contributed by atoms with E-state index in [1.807, 2.05) is 31.2 Å². The van der Waals surface area contributed by atoms with E-state index in [1.54, 1.807) is 7.11 Å². The second-order valence-electron chi connectivity index (χ2n) is 4.87. The van der Waals surface area contributed by atoms with Crippen molar-refractivity contribution in [3.63, 3.8) is 0 Å². The summed E-state index contributed by atoms with van der Waals surface area (Å²) < 4.78 is 6.83. The molecular formula is C13H19N5O2S. The zero-order valence-electron chi connectivity index (χ0n) is 12.6. The lowest BCUT2D eigenvalue weighted by atomic mass is 10.3. The lowest BCUT2D eigenvalue weighted by Crippen LogP contribution is -2.36.